The predicted molar refractivity (Wildman–Crippen MR) is 118 cm³/mol. The van der Waals surface area contributed by atoms with Gasteiger partial charge in [0.25, 0.3) is 23.3 Å². The minimum Gasteiger partial charge on any atom is -0.349 e. The summed E-state index contributed by atoms with van der Waals surface area (Å²) in [6.07, 6.45) is 3.13. The highest BCUT2D eigenvalue weighted by atomic mass is 16.6. The Bertz CT molecular complexity index is 1060. The van der Waals surface area contributed by atoms with Crippen molar-refractivity contribution >= 4 is 11.6 Å². The summed E-state index contributed by atoms with van der Waals surface area (Å²) in [6.45, 7) is 3.65. The number of nitrogens with zero attached hydrogens (tertiary/aromatic N) is 4. The van der Waals surface area contributed by atoms with Crippen LogP contribution in [0.25, 0.3) is 11.5 Å². The number of amides is 1. The topological polar surface area (TPSA) is 114 Å². The highest BCUT2D eigenvalue weighted by molar-refractivity contribution is 5.90. The highest BCUT2D eigenvalue weighted by Gasteiger charge is 2.21. The molecule has 4 rings (SSSR count). The summed E-state index contributed by atoms with van der Waals surface area (Å²) in [5.74, 6) is 0.161. The Balaban J connectivity index is 1.21. The van der Waals surface area contributed by atoms with Gasteiger partial charge in [-0.1, -0.05) is 41.6 Å². The largest absolute Gasteiger partial charge is 0.349 e. The third-order valence-corrected chi connectivity index (χ3v) is 5.73. The lowest BCUT2D eigenvalue weighted by Crippen LogP contribution is -2.35. The molecular formula is C23H25N5O4. The SMILES string of the molecule is O=C(NCCC1CCN(Cc2ccccc2)CC1)c1noc(-c2cccc([N+](=O)[O-])c2)n1. The summed E-state index contributed by atoms with van der Waals surface area (Å²) in [5, 5.41) is 17.5. The van der Waals surface area contributed by atoms with Crippen LogP contribution in [-0.2, 0) is 6.54 Å². The monoisotopic (exact) mass is 435 g/mol. The Morgan fingerprint density at radius 3 is 2.69 bits per heavy atom. The molecular weight excluding hydrogens is 410 g/mol. The lowest BCUT2D eigenvalue weighted by Gasteiger charge is -2.32. The maximum absolute atomic E-state index is 12.3. The zero-order valence-electron chi connectivity index (χ0n) is 17.6. The first-order valence-electron chi connectivity index (χ1n) is 10.7. The number of non-ortho nitro benzene ring substituents is 1. The summed E-state index contributed by atoms with van der Waals surface area (Å²) in [4.78, 5) is 29.3. The molecule has 9 nitrogen and oxygen atoms in total. The van der Waals surface area contributed by atoms with Gasteiger partial charge >= 0.3 is 0 Å². The van der Waals surface area contributed by atoms with E-state index in [0.29, 0.717) is 18.0 Å². The van der Waals surface area contributed by atoms with Gasteiger partial charge in [0.15, 0.2) is 0 Å². The van der Waals surface area contributed by atoms with Crippen LogP contribution >= 0.6 is 0 Å². The molecule has 0 radical (unpaired) electrons. The number of hydrogen-bond donors (Lipinski definition) is 1. The molecule has 2 aromatic carbocycles. The van der Waals surface area contributed by atoms with E-state index in [4.69, 9.17) is 4.52 Å². The van der Waals surface area contributed by atoms with Crippen LogP contribution in [0, 0.1) is 16.0 Å². The van der Waals surface area contributed by atoms with E-state index in [9.17, 15) is 14.9 Å². The Hall–Kier alpha value is -3.59. The lowest BCUT2D eigenvalue weighted by molar-refractivity contribution is -0.384. The van der Waals surface area contributed by atoms with Gasteiger partial charge in [0.2, 0.25) is 0 Å². The van der Waals surface area contributed by atoms with E-state index in [-0.39, 0.29) is 17.4 Å². The molecule has 0 atom stereocenters. The van der Waals surface area contributed by atoms with Crippen molar-refractivity contribution in [2.24, 2.45) is 5.92 Å². The number of benzene rings is 2. The molecule has 0 aliphatic carbocycles. The minimum atomic E-state index is -0.500. The number of likely N-dealkylation sites (tertiary alicyclic amines) is 1. The molecule has 1 aliphatic heterocycles. The molecule has 1 N–H and O–H groups in total. The van der Waals surface area contributed by atoms with Crippen molar-refractivity contribution in [3.8, 4) is 11.5 Å². The van der Waals surface area contributed by atoms with Gasteiger partial charge in [-0.25, -0.2) is 0 Å². The Labute approximate surface area is 185 Å². The van der Waals surface area contributed by atoms with Gasteiger partial charge in [-0.15, -0.1) is 0 Å². The highest BCUT2D eigenvalue weighted by Crippen LogP contribution is 2.23. The molecule has 0 bridgehead atoms. The van der Waals surface area contributed by atoms with Crippen molar-refractivity contribution in [3.63, 3.8) is 0 Å². The molecule has 1 fully saturated rings. The number of nitrogens with one attached hydrogen (secondary N) is 1. The molecule has 1 aliphatic rings. The van der Waals surface area contributed by atoms with E-state index < -0.39 is 10.8 Å². The fraction of sp³-hybridized carbons (Fsp3) is 0.348. The van der Waals surface area contributed by atoms with Crippen LogP contribution < -0.4 is 5.32 Å². The van der Waals surface area contributed by atoms with Gasteiger partial charge in [-0.2, -0.15) is 4.98 Å². The summed E-state index contributed by atoms with van der Waals surface area (Å²) in [7, 11) is 0. The molecule has 2 heterocycles. The molecule has 0 saturated carbocycles. The molecule has 3 aromatic rings. The van der Waals surface area contributed by atoms with Crippen LogP contribution in [0.5, 0.6) is 0 Å². The molecule has 1 amide bonds. The number of carbonyl (C=O) groups is 1. The number of piperidine rings is 1. The Morgan fingerprint density at radius 1 is 1.16 bits per heavy atom. The average Bonchev–Trinajstić information content (AvgIpc) is 3.31. The number of hydrogen-bond acceptors (Lipinski definition) is 7. The van der Waals surface area contributed by atoms with Crippen LogP contribution in [0.1, 0.15) is 35.4 Å². The maximum atomic E-state index is 12.3. The zero-order valence-corrected chi connectivity index (χ0v) is 17.6. The van der Waals surface area contributed by atoms with E-state index in [1.807, 2.05) is 6.07 Å². The molecule has 0 unspecified atom stereocenters. The van der Waals surface area contributed by atoms with Crippen LogP contribution in [-0.4, -0.2) is 45.5 Å². The standard InChI is InChI=1S/C23H25N5O4/c29-22(21-25-23(32-26-21)19-7-4-8-20(15-19)28(30)31)24-12-9-17-10-13-27(14-11-17)16-18-5-2-1-3-6-18/h1-8,15,17H,9-14,16H2,(H,24,29). The van der Waals surface area contributed by atoms with Gasteiger partial charge in [0, 0.05) is 30.8 Å². The van der Waals surface area contributed by atoms with Crippen molar-refractivity contribution in [2.75, 3.05) is 19.6 Å². The summed E-state index contributed by atoms with van der Waals surface area (Å²) in [6, 6.07) is 16.3. The Morgan fingerprint density at radius 2 is 1.94 bits per heavy atom. The van der Waals surface area contributed by atoms with Crippen LogP contribution in [0.3, 0.4) is 0 Å². The lowest BCUT2D eigenvalue weighted by atomic mass is 9.93. The van der Waals surface area contributed by atoms with Gasteiger partial charge in [0.1, 0.15) is 0 Å². The van der Waals surface area contributed by atoms with Crippen molar-refractivity contribution in [1.82, 2.24) is 20.4 Å². The number of nitro groups is 1. The van der Waals surface area contributed by atoms with Crippen molar-refractivity contribution in [2.45, 2.75) is 25.8 Å². The predicted octanol–water partition coefficient (Wildman–Crippen LogP) is 3.68. The number of aromatic nitrogens is 2. The summed E-state index contributed by atoms with van der Waals surface area (Å²) in [5.41, 5.74) is 1.65. The van der Waals surface area contributed by atoms with E-state index in [1.165, 1.54) is 23.8 Å². The fourth-order valence-corrected chi connectivity index (χ4v) is 3.93. The van der Waals surface area contributed by atoms with Gasteiger partial charge in [-0.3, -0.25) is 19.8 Å². The van der Waals surface area contributed by atoms with E-state index >= 15 is 0 Å². The number of carbonyl (C=O) groups excluding carboxylic acids is 1. The van der Waals surface area contributed by atoms with E-state index in [1.54, 1.807) is 6.07 Å². The second-order valence-corrected chi connectivity index (χ2v) is 7.98. The smallest absolute Gasteiger partial charge is 0.292 e. The first-order valence-corrected chi connectivity index (χ1v) is 10.7. The average molecular weight is 435 g/mol. The first kappa shape index (κ1) is 21.6. The summed E-state index contributed by atoms with van der Waals surface area (Å²) >= 11 is 0. The first-order chi connectivity index (χ1) is 15.6. The van der Waals surface area contributed by atoms with Crippen molar-refractivity contribution in [1.29, 1.82) is 0 Å². The van der Waals surface area contributed by atoms with Crippen molar-refractivity contribution < 1.29 is 14.2 Å². The van der Waals surface area contributed by atoms with E-state index in [0.717, 1.165) is 38.9 Å². The van der Waals surface area contributed by atoms with Crippen molar-refractivity contribution in [3.05, 3.63) is 76.1 Å². The Kier molecular flexibility index (Phi) is 6.86. The molecule has 0 spiro atoms. The number of nitro benzene ring substituents is 1. The second-order valence-electron chi connectivity index (χ2n) is 7.98. The van der Waals surface area contributed by atoms with Crippen LogP contribution in [0.15, 0.2) is 59.1 Å². The zero-order chi connectivity index (χ0) is 22.3. The number of rotatable bonds is 8. The third-order valence-electron chi connectivity index (χ3n) is 5.73. The molecule has 32 heavy (non-hydrogen) atoms. The normalized spacial score (nSPS) is 14.9. The summed E-state index contributed by atoms with van der Waals surface area (Å²) < 4.78 is 5.11. The molecule has 166 valence electrons. The van der Waals surface area contributed by atoms with Gasteiger partial charge < -0.3 is 9.84 Å². The van der Waals surface area contributed by atoms with Crippen LogP contribution in [0.2, 0.25) is 0 Å². The maximum Gasteiger partial charge on any atom is 0.292 e. The second kappa shape index (κ2) is 10.1. The molecule has 1 aromatic heterocycles. The van der Waals surface area contributed by atoms with Gasteiger partial charge in [0.05, 0.1) is 4.92 Å². The van der Waals surface area contributed by atoms with Crippen LogP contribution in [0.4, 0.5) is 5.69 Å². The fourth-order valence-electron chi connectivity index (χ4n) is 3.93. The quantitative estimate of drug-likeness (QED) is 0.424. The molecule has 9 heteroatoms. The van der Waals surface area contributed by atoms with E-state index in [2.05, 4.69) is 44.6 Å². The molecule has 1 saturated heterocycles. The minimum absolute atomic E-state index is 0.0737. The third kappa shape index (κ3) is 5.55. The van der Waals surface area contributed by atoms with Gasteiger partial charge in [-0.05, 0) is 49.9 Å².